The molecular formula is C15H21ClN2O5. The van der Waals surface area contributed by atoms with Crippen LogP contribution in [-0.2, 0) is 25.5 Å². The number of hydrogen-bond donors (Lipinski definition) is 0. The molecule has 7 nitrogen and oxygen atoms in total. The van der Waals surface area contributed by atoms with Gasteiger partial charge in [-0.1, -0.05) is 5.16 Å². The Balaban J connectivity index is 0.00000192. The summed E-state index contributed by atoms with van der Waals surface area (Å²) >= 11 is 0. The first-order chi connectivity index (χ1) is 10.5. The SMILES string of the molecule is COC(=O)[C@@]12COC[C@@H]1CN(C(=O)Cc1c(C)noc1C)C2.Cl. The second-order valence-corrected chi connectivity index (χ2v) is 6.11. The van der Waals surface area contributed by atoms with Crippen LogP contribution in [0, 0.1) is 25.2 Å². The van der Waals surface area contributed by atoms with Crippen molar-refractivity contribution in [1.29, 1.82) is 0 Å². The van der Waals surface area contributed by atoms with Gasteiger partial charge in [0.25, 0.3) is 0 Å². The summed E-state index contributed by atoms with van der Waals surface area (Å²) in [5.41, 5.74) is 0.852. The van der Waals surface area contributed by atoms with Gasteiger partial charge in [-0.25, -0.2) is 0 Å². The zero-order valence-corrected chi connectivity index (χ0v) is 14.3. The van der Waals surface area contributed by atoms with Crippen molar-refractivity contribution in [2.24, 2.45) is 11.3 Å². The number of rotatable bonds is 3. The number of aryl methyl sites for hydroxylation is 2. The van der Waals surface area contributed by atoms with Crippen molar-refractivity contribution in [2.75, 3.05) is 33.4 Å². The monoisotopic (exact) mass is 344 g/mol. The molecule has 0 aromatic carbocycles. The molecule has 0 aliphatic carbocycles. The van der Waals surface area contributed by atoms with E-state index in [1.165, 1.54) is 7.11 Å². The van der Waals surface area contributed by atoms with Gasteiger partial charge in [0.1, 0.15) is 11.2 Å². The minimum Gasteiger partial charge on any atom is -0.468 e. The molecule has 2 fully saturated rings. The number of nitrogens with zero attached hydrogens (tertiary/aromatic N) is 2. The Bertz CT molecular complexity index is 598. The summed E-state index contributed by atoms with van der Waals surface area (Å²) < 4.78 is 15.5. The van der Waals surface area contributed by atoms with Crippen molar-refractivity contribution in [3.05, 3.63) is 17.0 Å². The van der Waals surface area contributed by atoms with E-state index in [1.807, 2.05) is 6.92 Å². The number of amides is 1. The predicted molar refractivity (Wildman–Crippen MR) is 82.3 cm³/mol. The Labute approximate surface area is 140 Å². The van der Waals surface area contributed by atoms with E-state index in [4.69, 9.17) is 14.0 Å². The van der Waals surface area contributed by atoms with Crippen molar-refractivity contribution in [1.82, 2.24) is 10.1 Å². The van der Waals surface area contributed by atoms with Gasteiger partial charge in [-0.3, -0.25) is 9.59 Å². The van der Waals surface area contributed by atoms with Crippen LogP contribution in [0.2, 0.25) is 0 Å². The molecule has 3 rings (SSSR count). The third-order valence-electron chi connectivity index (χ3n) is 4.83. The average molecular weight is 345 g/mol. The van der Waals surface area contributed by atoms with Gasteiger partial charge in [-0.15, -0.1) is 12.4 Å². The van der Waals surface area contributed by atoms with Crippen LogP contribution in [0.5, 0.6) is 0 Å². The molecule has 1 aromatic heterocycles. The van der Waals surface area contributed by atoms with Crippen LogP contribution in [0.1, 0.15) is 17.0 Å². The maximum absolute atomic E-state index is 12.6. The van der Waals surface area contributed by atoms with Gasteiger partial charge < -0.3 is 18.9 Å². The lowest BCUT2D eigenvalue weighted by molar-refractivity contribution is -0.153. The molecule has 0 bridgehead atoms. The highest BCUT2D eigenvalue weighted by Gasteiger charge is 2.57. The van der Waals surface area contributed by atoms with Crippen molar-refractivity contribution in [3.8, 4) is 0 Å². The van der Waals surface area contributed by atoms with E-state index in [1.54, 1.807) is 11.8 Å². The molecule has 0 N–H and O–H groups in total. The van der Waals surface area contributed by atoms with Crippen LogP contribution in [0.25, 0.3) is 0 Å². The number of hydrogen-bond acceptors (Lipinski definition) is 6. The Hall–Kier alpha value is -1.60. The zero-order valence-electron chi connectivity index (χ0n) is 13.5. The normalized spacial score (nSPS) is 25.9. The summed E-state index contributed by atoms with van der Waals surface area (Å²) in [6.45, 7) is 5.31. The lowest BCUT2D eigenvalue weighted by Gasteiger charge is -2.23. The molecule has 128 valence electrons. The van der Waals surface area contributed by atoms with Gasteiger partial charge in [0.15, 0.2) is 0 Å². The molecule has 1 aromatic rings. The van der Waals surface area contributed by atoms with E-state index in [-0.39, 0.29) is 36.6 Å². The molecule has 0 unspecified atom stereocenters. The van der Waals surface area contributed by atoms with Crippen LogP contribution < -0.4 is 0 Å². The first-order valence-electron chi connectivity index (χ1n) is 7.33. The Kier molecular flexibility index (Phi) is 5.01. The highest BCUT2D eigenvalue weighted by Crippen LogP contribution is 2.42. The second kappa shape index (κ2) is 6.49. The van der Waals surface area contributed by atoms with E-state index >= 15 is 0 Å². The van der Waals surface area contributed by atoms with Gasteiger partial charge in [0, 0.05) is 24.6 Å². The number of carbonyl (C=O) groups is 2. The van der Waals surface area contributed by atoms with E-state index in [0.29, 0.717) is 32.1 Å². The van der Waals surface area contributed by atoms with Gasteiger partial charge in [0.05, 0.1) is 32.4 Å². The molecule has 2 saturated heterocycles. The highest BCUT2D eigenvalue weighted by atomic mass is 35.5. The first-order valence-corrected chi connectivity index (χ1v) is 7.33. The van der Waals surface area contributed by atoms with E-state index in [2.05, 4.69) is 5.16 Å². The summed E-state index contributed by atoms with van der Waals surface area (Å²) in [4.78, 5) is 26.4. The molecule has 8 heteroatoms. The van der Waals surface area contributed by atoms with E-state index < -0.39 is 5.41 Å². The number of carbonyl (C=O) groups excluding carboxylic acids is 2. The summed E-state index contributed by atoms with van der Waals surface area (Å²) in [5, 5.41) is 3.87. The molecule has 0 radical (unpaired) electrons. The fourth-order valence-electron chi connectivity index (χ4n) is 3.43. The maximum Gasteiger partial charge on any atom is 0.316 e. The number of esters is 1. The lowest BCUT2D eigenvalue weighted by Crippen LogP contribution is -2.41. The fourth-order valence-corrected chi connectivity index (χ4v) is 3.43. The Morgan fingerprint density at radius 1 is 1.43 bits per heavy atom. The van der Waals surface area contributed by atoms with Crippen molar-refractivity contribution in [2.45, 2.75) is 20.3 Å². The quantitative estimate of drug-likeness (QED) is 0.758. The van der Waals surface area contributed by atoms with E-state index in [0.717, 1.165) is 11.3 Å². The molecule has 23 heavy (non-hydrogen) atoms. The topological polar surface area (TPSA) is 81.9 Å². The average Bonchev–Trinajstić information content (AvgIpc) is 3.14. The smallest absolute Gasteiger partial charge is 0.316 e. The minimum absolute atomic E-state index is 0. The van der Waals surface area contributed by atoms with Gasteiger partial charge in [-0.2, -0.15) is 0 Å². The van der Waals surface area contributed by atoms with Crippen molar-refractivity contribution in [3.63, 3.8) is 0 Å². The Morgan fingerprint density at radius 3 is 2.78 bits per heavy atom. The molecule has 1 amide bonds. The zero-order chi connectivity index (χ0) is 15.9. The number of aromatic nitrogens is 1. The number of halogens is 1. The lowest BCUT2D eigenvalue weighted by atomic mass is 9.81. The molecule has 2 aliphatic rings. The molecule has 2 atom stereocenters. The molecule has 3 heterocycles. The maximum atomic E-state index is 12.6. The first kappa shape index (κ1) is 17.7. The summed E-state index contributed by atoms with van der Waals surface area (Å²) in [7, 11) is 1.38. The minimum atomic E-state index is -0.705. The predicted octanol–water partition coefficient (Wildman–Crippen LogP) is 0.904. The van der Waals surface area contributed by atoms with Gasteiger partial charge in [0.2, 0.25) is 5.91 Å². The van der Waals surface area contributed by atoms with Crippen LogP contribution in [0.3, 0.4) is 0 Å². The third-order valence-corrected chi connectivity index (χ3v) is 4.83. The molecule has 0 saturated carbocycles. The summed E-state index contributed by atoms with van der Waals surface area (Å²) in [6, 6.07) is 0. The largest absolute Gasteiger partial charge is 0.468 e. The van der Waals surface area contributed by atoms with Crippen LogP contribution in [0.4, 0.5) is 0 Å². The number of methoxy groups -OCH3 is 1. The molecule has 2 aliphatic heterocycles. The molecule has 0 spiro atoms. The van der Waals surface area contributed by atoms with Crippen LogP contribution in [0.15, 0.2) is 4.52 Å². The van der Waals surface area contributed by atoms with Crippen molar-refractivity contribution >= 4 is 24.3 Å². The van der Waals surface area contributed by atoms with Crippen LogP contribution >= 0.6 is 12.4 Å². The highest BCUT2D eigenvalue weighted by molar-refractivity contribution is 5.85. The summed E-state index contributed by atoms with van der Waals surface area (Å²) in [5.74, 6) is 0.361. The molecular weight excluding hydrogens is 324 g/mol. The van der Waals surface area contributed by atoms with Gasteiger partial charge in [-0.05, 0) is 13.8 Å². The van der Waals surface area contributed by atoms with Crippen LogP contribution in [-0.4, -0.2) is 55.3 Å². The van der Waals surface area contributed by atoms with E-state index in [9.17, 15) is 9.59 Å². The number of likely N-dealkylation sites (tertiary alicyclic amines) is 1. The number of fused-ring (bicyclic) bond motifs is 1. The number of ether oxygens (including phenoxy) is 2. The standard InChI is InChI=1S/C15H20N2O5.ClH/c1-9-12(10(2)22-16-9)4-13(18)17-5-11-6-21-8-15(11,7-17)14(19)20-3;/h11H,4-8H2,1-3H3;1H/t11-,15-;/m0./s1. The summed E-state index contributed by atoms with van der Waals surface area (Å²) in [6.07, 6.45) is 0.242. The van der Waals surface area contributed by atoms with Crippen molar-refractivity contribution < 1.29 is 23.6 Å². The van der Waals surface area contributed by atoms with Gasteiger partial charge >= 0.3 is 5.97 Å². The second-order valence-electron chi connectivity index (χ2n) is 6.11. The third kappa shape index (κ3) is 2.83. The Morgan fingerprint density at radius 2 is 2.17 bits per heavy atom. The fraction of sp³-hybridized carbons (Fsp3) is 0.667.